The molecule has 0 amide bonds. The molecule has 0 aromatic heterocycles. The van der Waals surface area contributed by atoms with Crippen LogP contribution in [0.5, 0.6) is 0 Å². The molecular formula is C18H26O4. The Morgan fingerprint density at radius 2 is 1.91 bits per heavy atom. The van der Waals surface area contributed by atoms with E-state index in [1.165, 1.54) is 5.56 Å². The Hall–Kier alpha value is -1.39. The smallest absolute Gasteiger partial charge is 0.340 e. The van der Waals surface area contributed by atoms with Gasteiger partial charge < -0.3 is 14.2 Å². The van der Waals surface area contributed by atoms with Crippen molar-refractivity contribution in [2.24, 2.45) is 0 Å². The Kier molecular flexibility index (Phi) is 6.87. The zero-order valence-corrected chi connectivity index (χ0v) is 13.4. The molecule has 0 N–H and O–H groups in total. The minimum absolute atomic E-state index is 0.193. The molecule has 0 aliphatic carbocycles. The number of carbonyl (C=O) groups is 1. The minimum Gasteiger partial charge on any atom is -0.464 e. The lowest BCUT2D eigenvalue weighted by atomic mass is 10.0. The largest absolute Gasteiger partial charge is 0.464 e. The van der Waals surface area contributed by atoms with Crippen LogP contribution in [0.2, 0.25) is 0 Å². The lowest BCUT2D eigenvalue weighted by Crippen LogP contribution is -2.27. The van der Waals surface area contributed by atoms with Crippen molar-refractivity contribution in [1.82, 2.24) is 0 Å². The fourth-order valence-electron chi connectivity index (χ4n) is 2.45. The van der Waals surface area contributed by atoms with Gasteiger partial charge in [-0.2, -0.15) is 0 Å². The quantitative estimate of drug-likeness (QED) is 0.357. The van der Waals surface area contributed by atoms with Crippen LogP contribution in [-0.2, 0) is 25.6 Å². The van der Waals surface area contributed by atoms with Crippen LogP contribution in [0.3, 0.4) is 0 Å². The third-order valence-electron chi connectivity index (χ3n) is 3.87. The summed E-state index contributed by atoms with van der Waals surface area (Å²) in [5.74, 6) is -0.193. The van der Waals surface area contributed by atoms with Gasteiger partial charge in [0.25, 0.3) is 0 Å². The van der Waals surface area contributed by atoms with Crippen molar-refractivity contribution in [3.63, 3.8) is 0 Å². The van der Waals surface area contributed by atoms with Crippen LogP contribution >= 0.6 is 0 Å². The number of unbranched alkanes of at least 4 members (excludes halogenated alkanes) is 3. The van der Waals surface area contributed by atoms with Crippen molar-refractivity contribution in [2.75, 3.05) is 19.8 Å². The molecule has 0 spiro atoms. The summed E-state index contributed by atoms with van der Waals surface area (Å²) in [7, 11) is 0. The van der Waals surface area contributed by atoms with Gasteiger partial charge in [-0.05, 0) is 31.7 Å². The molecule has 0 bridgehead atoms. The molecule has 1 unspecified atom stereocenters. The molecule has 1 aromatic carbocycles. The predicted molar refractivity (Wildman–Crippen MR) is 84.5 cm³/mol. The zero-order valence-electron chi connectivity index (χ0n) is 13.4. The Morgan fingerprint density at radius 1 is 1.18 bits per heavy atom. The normalized spacial score (nSPS) is 19.9. The van der Waals surface area contributed by atoms with E-state index in [1.54, 1.807) is 0 Å². The van der Waals surface area contributed by atoms with E-state index in [-0.39, 0.29) is 5.97 Å². The summed E-state index contributed by atoms with van der Waals surface area (Å²) in [5, 5.41) is 0. The third kappa shape index (κ3) is 5.43. The maximum atomic E-state index is 11.7. The zero-order chi connectivity index (χ0) is 15.7. The lowest BCUT2D eigenvalue weighted by Gasteiger charge is -2.10. The second kappa shape index (κ2) is 8.91. The second-order valence-electron chi connectivity index (χ2n) is 5.71. The van der Waals surface area contributed by atoms with Gasteiger partial charge in [-0.1, -0.05) is 43.2 Å². The molecule has 1 atom stereocenters. The predicted octanol–water partition coefficient (Wildman–Crippen LogP) is 3.49. The van der Waals surface area contributed by atoms with Gasteiger partial charge in [-0.3, -0.25) is 0 Å². The molecule has 122 valence electrons. The van der Waals surface area contributed by atoms with E-state index in [9.17, 15) is 4.79 Å². The van der Waals surface area contributed by atoms with E-state index in [0.29, 0.717) is 19.8 Å². The standard InChI is InChI=1S/C18H26O4/c1-2-21-17(19)18(15-22-18)12-8-3-4-9-13-20-14-16-10-6-5-7-11-16/h5-7,10-11H,2-4,8-9,12-15H2,1H3. The van der Waals surface area contributed by atoms with Crippen LogP contribution in [-0.4, -0.2) is 31.4 Å². The lowest BCUT2D eigenvalue weighted by molar-refractivity contribution is -0.149. The Labute approximate surface area is 132 Å². The molecular weight excluding hydrogens is 280 g/mol. The van der Waals surface area contributed by atoms with E-state index in [2.05, 4.69) is 12.1 Å². The summed E-state index contributed by atoms with van der Waals surface area (Å²) < 4.78 is 16.0. The molecule has 1 aliphatic rings. The van der Waals surface area contributed by atoms with Gasteiger partial charge in [0.15, 0.2) is 5.60 Å². The number of hydrogen-bond donors (Lipinski definition) is 0. The first-order valence-corrected chi connectivity index (χ1v) is 8.20. The second-order valence-corrected chi connectivity index (χ2v) is 5.71. The molecule has 4 heteroatoms. The Morgan fingerprint density at radius 3 is 2.59 bits per heavy atom. The van der Waals surface area contributed by atoms with Gasteiger partial charge in [0.1, 0.15) is 0 Å². The molecule has 4 nitrogen and oxygen atoms in total. The summed E-state index contributed by atoms with van der Waals surface area (Å²) in [6.45, 7) is 4.23. The number of ether oxygens (including phenoxy) is 3. The van der Waals surface area contributed by atoms with Crippen molar-refractivity contribution in [3.8, 4) is 0 Å². The number of carbonyl (C=O) groups excluding carboxylic acids is 1. The SMILES string of the molecule is CCOC(=O)C1(CCCCCCOCc2ccccc2)CO1. The van der Waals surface area contributed by atoms with Crippen molar-refractivity contribution < 1.29 is 19.0 Å². The number of epoxide rings is 1. The maximum Gasteiger partial charge on any atom is 0.340 e. The van der Waals surface area contributed by atoms with Crippen LogP contribution in [0.4, 0.5) is 0 Å². The highest BCUT2D eigenvalue weighted by Gasteiger charge is 2.52. The average Bonchev–Trinajstić information content (AvgIpc) is 3.32. The monoisotopic (exact) mass is 306 g/mol. The first kappa shape index (κ1) is 17.0. The van der Waals surface area contributed by atoms with Crippen LogP contribution in [0.15, 0.2) is 30.3 Å². The van der Waals surface area contributed by atoms with Crippen LogP contribution in [0, 0.1) is 0 Å². The van der Waals surface area contributed by atoms with Crippen LogP contribution in [0.25, 0.3) is 0 Å². The molecule has 1 aromatic rings. The number of esters is 1. The molecule has 1 heterocycles. The van der Waals surface area contributed by atoms with E-state index in [1.807, 2.05) is 25.1 Å². The van der Waals surface area contributed by atoms with Gasteiger partial charge in [-0.15, -0.1) is 0 Å². The summed E-state index contributed by atoms with van der Waals surface area (Å²) in [4.78, 5) is 11.7. The number of benzene rings is 1. The molecule has 1 saturated heterocycles. The van der Waals surface area contributed by atoms with E-state index < -0.39 is 5.60 Å². The molecule has 2 rings (SSSR count). The number of hydrogen-bond acceptors (Lipinski definition) is 4. The van der Waals surface area contributed by atoms with Crippen molar-refractivity contribution >= 4 is 5.97 Å². The van der Waals surface area contributed by atoms with E-state index >= 15 is 0 Å². The number of rotatable bonds is 11. The highest BCUT2D eigenvalue weighted by atomic mass is 16.6. The fraction of sp³-hybridized carbons (Fsp3) is 0.611. The van der Waals surface area contributed by atoms with Crippen molar-refractivity contribution in [2.45, 2.75) is 51.2 Å². The Balaban J connectivity index is 1.46. The highest BCUT2D eigenvalue weighted by molar-refractivity contribution is 5.82. The van der Waals surface area contributed by atoms with Crippen molar-refractivity contribution in [1.29, 1.82) is 0 Å². The molecule has 0 radical (unpaired) electrons. The first-order valence-electron chi connectivity index (χ1n) is 8.20. The third-order valence-corrected chi connectivity index (χ3v) is 3.87. The Bertz CT molecular complexity index is 440. The van der Waals surface area contributed by atoms with E-state index in [4.69, 9.17) is 14.2 Å². The van der Waals surface area contributed by atoms with E-state index in [0.717, 1.165) is 38.7 Å². The van der Waals surface area contributed by atoms with Crippen molar-refractivity contribution in [3.05, 3.63) is 35.9 Å². The first-order chi connectivity index (χ1) is 10.8. The van der Waals surface area contributed by atoms with Gasteiger partial charge >= 0.3 is 5.97 Å². The maximum absolute atomic E-state index is 11.7. The summed E-state index contributed by atoms with van der Waals surface area (Å²) in [6.07, 6.45) is 5.04. The minimum atomic E-state index is -0.611. The van der Waals surface area contributed by atoms with Crippen LogP contribution < -0.4 is 0 Å². The summed E-state index contributed by atoms with van der Waals surface area (Å²) in [6, 6.07) is 10.2. The van der Waals surface area contributed by atoms with Gasteiger partial charge in [0.05, 0.1) is 19.8 Å². The molecule has 1 aliphatic heterocycles. The van der Waals surface area contributed by atoms with Gasteiger partial charge in [0.2, 0.25) is 0 Å². The molecule has 22 heavy (non-hydrogen) atoms. The average molecular weight is 306 g/mol. The summed E-state index contributed by atoms with van der Waals surface area (Å²) in [5.41, 5.74) is 0.601. The summed E-state index contributed by atoms with van der Waals surface area (Å²) >= 11 is 0. The molecule has 1 fully saturated rings. The topological polar surface area (TPSA) is 48.1 Å². The van der Waals surface area contributed by atoms with Gasteiger partial charge in [-0.25, -0.2) is 4.79 Å². The van der Waals surface area contributed by atoms with Gasteiger partial charge in [0, 0.05) is 6.61 Å². The molecule has 0 saturated carbocycles. The fourth-order valence-corrected chi connectivity index (χ4v) is 2.45. The highest BCUT2D eigenvalue weighted by Crippen LogP contribution is 2.34. The van der Waals surface area contributed by atoms with Crippen LogP contribution in [0.1, 0.15) is 44.6 Å².